The maximum absolute atomic E-state index is 12.1. The fraction of sp³-hybridized carbons (Fsp3) is 0.357. The predicted octanol–water partition coefficient (Wildman–Crippen LogP) is 3.44. The van der Waals surface area contributed by atoms with Crippen LogP contribution in [0, 0.1) is 0 Å². The number of ketones is 1. The molecule has 0 N–H and O–H groups in total. The summed E-state index contributed by atoms with van der Waals surface area (Å²) in [4.78, 5) is 12.1. The molecule has 3 rings (SSSR count). The van der Waals surface area contributed by atoms with Gasteiger partial charge in [-0.05, 0) is 24.5 Å². The maximum atomic E-state index is 12.1. The molecule has 1 heterocycles. The number of fused-ring (bicyclic) bond motifs is 3. The van der Waals surface area contributed by atoms with E-state index in [1.54, 1.807) is 0 Å². The second-order valence-corrected chi connectivity index (χ2v) is 4.87. The lowest BCUT2D eigenvalue weighted by Gasteiger charge is -2.12. The topological polar surface area (TPSA) is 22.0 Å². The van der Waals surface area contributed by atoms with Gasteiger partial charge in [-0.1, -0.05) is 12.1 Å². The van der Waals surface area contributed by atoms with Crippen LogP contribution in [0.1, 0.15) is 34.5 Å². The van der Waals surface area contributed by atoms with Gasteiger partial charge in [0.25, 0.3) is 0 Å². The van der Waals surface area contributed by atoms with Crippen molar-refractivity contribution in [2.24, 2.45) is 7.05 Å². The Balaban J connectivity index is 2.46. The molecule has 0 saturated carbocycles. The fourth-order valence-electron chi connectivity index (χ4n) is 2.86. The monoisotopic (exact) mass is 247 g/mol. The van der Waals surface area contributed by atoms with Gasteiger partial charge >= 0.3 is 0 Å². The van der Waals surface area contributed by atoms with Gasteiger partial charge in [0.05, 0.1) is 0 Å². The normalized spacial score (nSPS) is 15.3. The zero-order valence-electron chi connectivity index (χ0n) is 9.79. The molecule has 0 amide bonds. The van der Waals surface area contributed by atoms with E-state index in [0.29, 0.717) is 12.3 Å². The number of Topliss-reactive ketones (excluding diaryl/α,β-unsaturated/α-hetero) is 1. The summed E-state index contributed by atoms with van der Waals surface area (Å²) in [7, 11) is 2.04. The molecule has 0 bridgehead atoms. The third-order valence-electron chi connectivity index (χ3n) is 3.67. The Morgan fingerprint density at radius 2 is 2.18 bits per heavy atom. The van der Waals surface area contributed by atoms with E-state index in [4.69, 9.17) is 11.6 Å². The van der Waals surface area contributed by atoms with Gasteiger partial charge in [0.1, 0.15) is 0 Å². The molecule has 2 aromatic rings. The fourth-order valence-corrected chi connectivity index (χ4v) is 3.08. The number of aryl methyl sites for hydroxylation is 1. The molecule has 3 heteroatoms. The Morgan fingerprint density at radius 1 is 1.35 bits per heavy atom. The third kappa shape index (κ3) is 1.44. The number of nitrogens with zero attached hydrogens (tertiary/aromatic N) is 1. The van der Waals surface area contributed by atoms with Crippen LogP contribution in [-0.2, 0) is 19.3 Å². The van der Waals surface area contributed by atoms with Gasteiger partial charge in [-0.25, -0.2) is 0 Å². The molecule has 0 spiro atoms. The number of hydrogen-bond acceptors (Lipinski definition) is 1. The van der Waals surface area contributed by atoms with Crippen molar-refractivity contribution in [2.45, 2.75) is 25.1 Å². The van der Waals surface area contributed by atoms with Crippen LogP contribution in [0.2, 0.25) is 0 Å². The maximum Gasteiger partial charge on any atom is 0.165 e. The van der Waals surface area contributed by atoms with Crippen LogP contribution in [0.3, 0.4) is 0 Å². The predicted molar refractivity (Wildman–Crippen MR) is 69.7 cm³/mol. The molecule has 0 saturated heterocycles. The summed E-state index contributed by atoms with van der Waals surface area (Å²) in [6.45, 7) is 0. The van der Waals surface area contributed by atoms with E-state index in [-0.39, 0.29) is 5.78 Å². The first kappa shape index (κ1) is 10.8. The molecule has 1 aromatic heterocycles. The third-order valence-corrected chi connectivity index (χ3v) is 3.96. The first-order chi connectivity index (χ1) is 8.24. The van der Waals surface area contributed by atoms with Crippen LogP contribution >= 0.6 is 11.6 Å². The van der Waals surface area contributed by atoms with Crippen molar-refractivity contribution in [2.75, 3.05) is 0 Å². The number of carbonyl (C=O) groups is 1. The van der Waals surface area contributed by atoms with E-state index in [9.17, 15) is 4.79 Å². The molecule has 1 aromatic carbocycles. The highest BCUT2D eigenvalue weighted by molar-refractivity contribution is 6.19. The molecular weight excluding hydrogens is 234 g/mol. The van der Waals surface area contributed by atoms with Gasteiger partial charge < -0.3 is 4.57 Å². The summed E-state index contributed by atoms with van der Waals surface area (Å²) in [6, 6.07) is 6.09. The molecule has 0 atom stereocenters. The highest BCUT2D eigenvalue weighted by Crippen LogP contribution is 2.33. The van der Waals surface area contributed by atoms with Crippen LogP contribution < -0.4 is 0 Å². The van der Waals surface area contributed by atoms with Crippen LogP contribution in [0.4, 0.5) is 0 Å². The highest BCUT2D eigenvalue weighted by atomic mass is 35.5. The number of carbonyl (C=O) groups excluding carboxylic acids is 1. The summed E-state index contributed by atoms with van der Waals surface area (Å²) >= 11 is 5.98. The quantitative estimate of drug-likeness (QED) is 0.708. The molecule has 0 radical (unpaired) electrons. The smallest absolute Gasteiger partial charge is 0.165 e. The molecule has 0 fully saturated rings. The Hall–Kier alpha value is -1.28. The van der Waals surface area contributed by atoms with E-state index >= 15 is 0 Å². The number of aromatic nitrogens is 1. The van der Waals surface area contributed by atoms with Crippen molar-refractivity contribution in [3.05, 3.63) is 35.0 Å². The summed E-state index contributed by atoms with van der Waals surface area (Å²) in [6.07, 6.45) is 2.63. The van der Waals surface area contributed by atoms with Crippen LogP contribution in [0.5, 0.6) is 0 Å². The SMILES string of the molecule is Cn1c2c(c3c(CCl)cccc31)C(=O)CCC2. The highest BCUT2D eigenvalue weighted by Gasteiger charge is 2.25. The molecule has 1 aliphatic rings. The molecular formula is C14H14ClNO. The molecule has 0 aliphatic heterocycles. The second-order valence-electron chi connectivity index (χ2n) is 4.60. The number of hydrogen-bond donors (Lipinski definition) is 0. The molecule has 88 valence electrons. The molecule has 0 unspecified atom stereocenters. The lowest BCUT2D eigenvalue weighted by molar-refractivity contribution is 0.0973. The van der Waals surface area contributed by atoms with E-state index in [2.05, 4.69) is 10.6 Å². The first-order valence-corrected chi connectivity index (χ1v) is 6.46. The van der Waals surface area contributed by atoms with E-state index in [0.717, 1.165) is 34.9 Å². The zero-order chi connectivity index (χ0) is 12.0. The average molecular weight is 248 g/mol. The van der Waals surface area contributed by atoms with Crippen molar-refractivity contribution in [3.8, 4) is 0 Å². The molecule has 2 nitrogen and oxygen atoms in total. The van der Waals surface area contributed by atoms with Crippen LogP contribution in [0.15, 0.2) is 18.2 Å². The van der Waals surface area contributed by atoms with E-state index in [1.165, 1.54) is 5.69 Å². The average Bonchev–Trinajstić information content (AvgIpc) is 2.65. The van der Waals surface area contributed by atoms with Crippen molar-refractivity contribution < 1.29 is 4.79 Å². The van der Waals surface area contributed by atoms with Gasteiger partial charge in [-0.3, -0.25) is 4.79 Å². The minimum atomic E-state index is 0.273. The second kappa shape index (κ2) is 3.88. The summed E-state index contributed by atoms with van der Waals surface area (Å²) in [5.74, 6) is 0.732. The lowest BCUT2D eigenvalue weighted by Crippen LogP contribution is -2.11. The Labute approximate surface area is 105 Å². The molecule has 17 heavy (non-hydrogen) atoms. The van der Waals surface area contributed by atoms with Gasteiger partial charge in [0.15, 0.2) is 5.78 Å². The van der Waals surface area contributed by atoms with Gasteiger partial charge in [-0.2, -0.15) is 0 Å². The van der Waals surface area contributed by atoms with Crippen LogP contribution in [-0.4, -0.2) is 10.4 Å². The van der Waals surface area contributed by atoms with Gasteiger partial charge in [0, 0.05) is 41.5 Å². The van der Waals surface area contributed by atoms with Gasteiger partial charge in [0.2, 0.25) is 0 Å². The summed E-state index contributed by atoms with van der Waals surface area (Å²) in [5.41, 5.74) is 4.29. The van der Waals surface area contributed by atoms with Crippen molar-refractivity contribution >= 4 is 28.3 Å². The minimum absolute atomic E-state index is 0.273. The van der Waals surface area contributed by atoms with Crippen molar-refractivity contribution in [1.29, 1.82) is 0 Å². The number of alkyl halides is 1. The zero-order valence-corrected chi connectivity index (χ0v) is 10.5. The standard InChI is InChI=1S/C14H14ClNO/c1-16-10-5-2-4-9(8-15)13(10)14-11(16)6-3-7-12(14)17/h2,4-5H,3,6-8H2,1H3. The Morgan fingerprint density at radius 3 is 2.94 bits per heavy atom. The molecule has 1 aliphatic carbocycles. The van der Waals surface area contributed by atoms with E-state index < -0.39 is 0 Å². The Kier molecular flexibility index (Phi) is 2.48. The first-order valence-electron chi connectivity index (χ1n) is 5.92. The van der Waals surface area contributed by atoms with Crippen molar-refractivity contribution in [3.63, 3.8) is 0 Å². The Bertz CT molecular complexity index is 612. The summed E-state index contributed by atoms with van der Waals surface area (Å²) in [5, 5.41) is 1.07. The van der Waals surface area contributed by atoms with Crippen LogP contribution in [0.25, 0.3) is 10.9 Å². The lowest BCUT2D eigenvalue weighted by atomic mass is 9.93. The number of benzene rings is 1. The summed E-state index contributed by atoms with van der Waals surface area (Å²) < 4.78 is 2.15. The number of halogens is 1. The van der Waals surface area contributed by atoms with Gasteiger partial charge in [-0.15, -0.1) is 11.6 Å². The van der Waals surface area contributed by atoms with E-state index in [1.807, 2.05) is 19.2 Å². The van der Waals surface area contributed by atoms with Crippen molar-refractivity contribution in [1.82, 2.24) is 4.57 Å². The number of rotatable bonds is 1. The largest absolute Gasteiger partial charge is 0.347 e. The minimum Gasteiger partial charge on any atom is -0.347 e.